The van der Waals surface area contributed by atoms with E-state index in [2.05, 4.69) is 49.0 Å². The minimum absolute atomic E-state index is 0.329. The smallest absolute Gasteiger partial charge is 0.308 e. The number of amides is 1. The number of nitrogens with one attached hydrogen (secondary N) is 1. The lowest BCUT2D eigenvalue weighted by atomic mass is 10.2. The van der Waals surface area contributed by atoms with E-state index in [0.29, 0.717) is 37.3 Å². The molecule has 0 saturated carbocycles. The van der Waals surface area contributed by atoms with E-state index in [4.69, 9.17) is 9.47 Å². The van der Waals surface area contributed by atoms with Crippen molar-refractivity contribution >= 4 is 56.6 Å². The number of carbonyl (C=O) groups excluding carboxylic acids is 2. The van der Waals surface area contributed by atoms with Gasteiger partial charge in [-0.2, -0.15) is 5.10 Å². The highest BCUT2D eigenvalue weighted by atomic mass is 127. The molecule has 8 heteroatoms. The van der Waals surface area contributed by atoms with Gasteiger partial charge in [0.1, 0.15) is 0 Å². The van der Waals surface area contributed by atoms with Crippen LogP contribution in [0, 0.1) is 3.57 Å². The van der Waals surface area contributed by atoms with Crippen LogP contribution in [0.3, 0.4) is 0 Å². The van der Waals surface area contributed by atoms with Crippen LogP contribution < -0.4 is 14.9 Å². The highest BCUT2D eigenvalue weighted by Gasteiger charge is 2.14. The van der Waals surface area contributed by atoms with Gasteiger partial charge in [0.2, 0.25) is 0 Å². The van der Waals surface area contributed by atoms with Gasteiger partial charge in [0.25, 0.3) is 5.91 Å². The lowest BCUT2D eigenvalue weighted by Gasteiger charge is -2.12. The first-order chi connectivity index (χ1) is 12.4. The van der Waals surface area contributed by atoms with Gasteiger partial charge in [-0.25, -0.2) is 5.43 Å². The van der Waals surface area contributed by atoms with Crippen LogP contribution in [-0.4, -0.2) is 24.7 Å². The lowest BCUT2D eigenvalue weighted by molar-refractivity contribution is -0.132. The number of ether oxygens (including phenoxy) is 2. The number of halogens is 2. The van der Waals surface area contributed by atoms with Crippen LogP contribution in [-0.2, 0) is 4.79 Å². The maximum atomic E-state index is 12.1. The first-order valence-corrected chi connectivity index (χ1v) is 9.52. The largest absolute Gasteiger partial charge is 0.490 e. The molecule has 0 unspecified atom stereocenters. The molecule has 1 N–H and O–H groups in total. The molecule has 0 atom stereocenters. The molecule has 2 aromatic rings. The minimum atomic E-state index is -0.425. The maximum absolute atomic E-state index is 12.1. The fraction of sp³-hybridized carbons (Fsp3) is 0.167. The van der Waals surface area contributed by atoms with Crippen molar-refractivity contribution in [3.05, 3.63) is 55.6 Å². The predicted octanol–water partition coefficient (Wildman–Crippen LogP) is 4.14. The Morgan fingerprint density at radius 1 is 1.31 bits per heavy atom. The summed E-state index contributed by atoms with van der Waals surface area (Å²) in [7, 11) is 0. The number of carbonyl (C=O) groups is 2. The van der Waals surface area contributed by atoms with E-state index in [9.17, 15) is 9.59 Å². The van der Waals surface area contributed by atoms with Crippen LogP contribution in [0.25, 0.3) is 0 Å². The number of benzene rings is 2. The van der Waals surface area contributed by atoms with Gasteiger partial charge in [0.15, 0.2) is 11.5 Å². The van der Waals surface area contributed by atoms with Crippen molar-refractivity contribution in [2.24, 2.45) is 5.10 Å². The summed E-state index contributed by atoms with van der Waals surface area (Å²) in [6.45, 7) is 3.59. The summed E-state index contributed by atoms with van der Waals surface area (Å²) in [6, 6.07) is 10.5. The average Bonchev–Trinajstić information content (AvgIpc) is 2.58. The fourth-order valence-corrected chi connectivity index (χ4v) is 3.24. The van der Waals surface area contributed by atoms with Gasteiger partial charge in [0, 0.05) is 11.4 Å². The van der Waals surface area contributed by atoms with Crippen molar-refractivity contribution in [3.63, 3.8) is 0 Å². The molecule has 0 saturated heterocycles. The van der Waals surface area contributed by atoms with E-state index in [1.807, 2.05) is 13.0 Å². The Hall–Kier alpha value is -1.94. The molecule has 0 spiro atoms. The maximum Gasteiger partial charge on any atom is 0.308 e. The zero-order valence-electron chi connectivity index (χ0n) is 14.1. The highest BCUT2D eigenvalue weighted by Crippen LogP contribution is 2.34. The van der Waals surface area contributed by atoms with Gasteiger partial charge in [-0.05, 0) is 75.3 Å². The normalized spacial score (nSPS) is 10.6. The van der Waals surface area contributed by atoms with Gasteiger partial charge in [-0.3, -0.25) is 9.59 Å². The molecule has 0 radical (unpaired) electrons. The van der Waals surface area contributed by atoms with Crippen LogP contribution in [0.15, 0.2) is 46.0 Å². The van der Waals surface area contributed by atoms with Crippen LogP contribution in [0.4, 0.5) is 0 Å². The highest BCUT2D eigenvalue weighted by molar-refractivity contribution is 14.1. The van der Waals surface area contributed by atoms with E-state index < -0.39 is 5.97 Å². The lowest BCUT2D eigenvalue weighted by Crippen LogP contribution is -2.18. The Morgan fingerprint density at radius 3 is 2.69 bits per heavy atom. The quantitative estimate of drug-likeness (QED) is 0.200. The standard InChI is InChI=1S/C18H16BrIN2O4/c1-3-25-16-9-12(8-15(20)17(16)26-11(2)23)10-21-22-18(24)13-6-4-5-7-14(13)19/h4-10H,3H2,1-2H3,(H,22,24)/b21-10-. The van der Waals surface area contributed by atoms with E-state index in [0.717, 1.165) is 0 Å². The van der Waals surface area contributed by atoms with Crippen molar-refractivity contribution in [2.75, 3.05) is 6.61 Å². The zero-order valence-corrected chi connectivity index (χ0v) is 17.8. The Kier molecular flexibility index (Phi) is 7.58. The third-order valence-corrected chi connectivity index (χ3v) is 4.57. The molecular formula is C18H16BrIN2O4. The summed E-state index contributed by atoms with van der Waals surface area (Å²) in [5.41, 5.74) is 3.66. The Labute approximate surface area is 173 Å². The molecule has 0 aliphatic rings. The molecule has 0 aliphatic heterocycles. The van der Waals surface area contributed by atoms with Gasteiger partial charge in [-0.1, -0.05) is 12.1 Å². The Morgan fingerprint density at radius 2 is 2.04 bits per heavy atom. The van der Waals surface area contributed by atoms with Crippen molar-refractivity contribution in [2.45, 2.75) is 13.8 Å². The van der Waals surface area contributed by atoms with Crippen LogP contribution in [0.1, 0.15) is 29.8 Å². The molecule has 0 aromatic heterocycles. The van der Waals surface area contributed by atoms with Crippen molar-refractivity contribution in [1.29, 1.82) is 0 Å². The van der Waals surface area contributed by atoms with E-state index in [1.54, 1.807) is 30.3 Å². The number of hydrogen-bond donors (Lipinski definition) is 1. The molecule has 0 fully saturated rings. The number of hydrazone groups is 1. The first kappa shape index (κ1) is 20.4. The fourth-order valence-electron chi connectivity index (χ4n) is 2.04. The van der Waals surface area contributed by atoms with Crippen LogP contribution in [0.5, 0.6) is 11.5 Å². The molecule has 1 amide bonds. The van der Waals surface area contributed by atoms with E-state index >= 15 is 0 Å². The summed E-state index contributed by atoms with van der Waals surface area (Å²) in [5, 5.41) is 3.98. The average molecular weight is 531 g/mol. The number of hydrogen-bond acceptors (Lipinski definition) is 5. The molecule has 6 nitrogen and oxygen atoms in total. The summed E-state index contributed by atoms with van der Waals surface area (Å²) >= 11 is 5.38. The third-order valence-electron chi connectivity index (χ3n) is 3.08. The second kappa shape index (κ2) is 9.67. The predicted molar refractivity (Wildman–Crippen MR) is 111 cm³/mol. The molecule has 2 rings (SSSR count). The number of nitrogens with zero attached hydrogens (tertiary/aromatic N) is 1. The SMILES string of the molecule is CCOc1cc(/C=N\NC(=O)c2ccccc2Br)cc(I)c1OC(C)=O. The molecule has 136 valence electrons. The van der Waals surface area contributed by atoms with E-state index in [-0.39, 0.29) is 5.91 Å². The molecule has 2 aromatic carbocycles. The van der Waals surface area contributed by atoms with Crippen molar-refractivity contribution < 1.29 is 19.1 Å². The zero-order chi connectivity index (χ0) is 19.1. The minimum Gasteiger partial charge on any atom is -0.490 e. The molecular weight excluding hydrogens is 515 g/mol. The van der Waals surface area contributed by atoms with Gasteiger partial charge in [0.05, 0.1) is 22.0 Å². The Balaban J connectivity index is 2.18. The van der Waals surface area contributed by atoms with Crippen LogP contribution >= 0.6 is 38.5 Å². The second-order valence-electron chi connectivity index (χ2n) is 5.04. The van der Waals surface area contributed by atoms with Gasteiger partial charge < -0.3 is 9.47 Å². The second-order valence-corrected chi connectivity index (χ2v) is 7.05. The summed E-state index contributed by atoms with van der Waals surface area (Å²) in [6.07, 6.45) is 1.50. The molecule has 0 heterocycles. The summed E-state index contributed by atoms with van der Waals surface area (Å²) < 4.78 is 12.1. The van der Waals surface area contributed by atoms with Crippen molar-refractivity contribution in [3.8, 4) is 11.5 Å². The summed E-state index contributed by atoms with van der Waals surface area (Å²) in [4.78, 5) is 23.4. The molecule has 0 bridgehead atoms. The van der Waals surface area contributed by atoms with Gasteiger partial charge >= 0.3 is 5.97 Å². The first-order valence-electron chi connectivity index (χ1n) is 7.65. The number of rotatable bonds is 6. The van der Waals surface area contributed by atoms with Crippen LogP contribution in [0.2, 0.25) is 0 Å². The Bertz CT molecular complexity index is 855. The monoisotopic (exact) mass is 530 g/mol. The number of esters is 1. The molecule has 0 aliphatic carbocycles. The van der Waals surface area contributed by atoms with E-state index in [1.165, 1.54) is 13.1 Å². The summed E-state index contributed by atoms with van der Waals surface area (Å²) in [5.74, 6) is 0.0542. The molecule has 26 heavy (non-hydrogen) atoms. The third kappa shape index (κ3) is 5.53. The van der Waals surface area contributed by atoms with Crippen molar-refractivity contribution in [1.82, 2.24) is 5.43 Å². The van der Waals surface area contributed by atoms with Gasteiger partial charge in [-0.15, -0.1) is 0 Å². The topological polar surface area (TPSA) is 77.0 Å².